The highest BCUT2D eigenvalue weighted by Crippen LogP contribution is 2.27. The van der Waals surface area contributed by atoms with Crippen molar-refractivity contribution >= 4 is 28.8 Å². The van der Waals surface area contributed by atoms with Crippen LogP contribution in [0.1, 0.15) is 28.4 Å². The quantitative estimate of drug-likeness (QED) is 0.452. The van der Waals surface area contributed by atoms with E-state index in [1.54, 1.807) is 17.5 Å². The predicted molar refractivity (Wildman–Crippen MR) is 123 cm³/mol. The summed E-state index contributed by atoms with van der Waals surface area (Å²) in [5, 5.41) is 12.4. The summed E-state index contributed by atoms with van der Waals surface area (Å²) in [6.07, 6.45) is 1.80. The van der Waals surface area contributed by atoms with Crippen LogP contribution in [0.3, 0.4) is 0 Å². The molecule has 0 aliphatic rings. The number of hydrogen-bond donors (Lipinski definition) is 2. The third-order valence-electron chi connectivity index (χ3n) is 4.68. The summed E-state index contributed by atoms with van der Waals surface area (Å²) in [6.45, 7) is 2.45. The van der Waals surface area contributed by atoms with Crippen molar-refractivity contribution in [3.05, 3.63) is 95.0 Å². The summed E-state index contributed by atoms with van der Waals surface area (Å²) in [4.78, 5) is 25.1. The van der Waals surface area contributed by atoms with Gasteiger partial charge in [-0.2, -0.15) is 5.10 Å². The Balaban J connectivity index is 1.50. The Labute approximate surface area is 184 Å². The van der Waals surface area contributed by atoms with Crippen molar-refractivity contribution in [2.45, 2.75) is 20.0 Å². The average Bonchev–Trinajstić information content (AvgIpc) is 3.43. The Hall–Kier alpha value is -3.71. The van der Waals surface area contributed by atoms with Crippen molar-refractivity contribution < 1.29 is 9.59 Å². The summed E-state index contributed by atoms with van der Waals surface area (Å²) in [7, 11) is 0. The van der Waals surface area contributed by atoms with Crippen molar-refractivity contribution in [2.75, 3.05) is 5.32 Å². The lowest BCUT2D eigenvalue weighted by Crippen LogP contribution is -2.23. The van der Waals surface area contributed by atoms with Gasteiger partial charge in [-0.25, -0.2) is 0 Å². The molecule has 2 N–H and O–H groups in total. The first-order valence-electron chi connectivity index (χ1n) is 9.88. The topological polar surface area (TPSA) is 76.0 Å². The molecule has 2 aromatic carbocycles. The van der Waals surface area contributed by atoms with Crippen LogP contribution in [0.15, 0.2) is 78.3 Å². The minimum Gasteiger partial charge on any atom is -0.348 e. The number of nitrogens with zero attached hydrogens (tertiary/aromatic N) is 2. The maximum atomic E-state index is 13.0. The molecule has 156 valence electrons. The highest BCUT2D eigenvalue weighted by atomic mass is 32.1. The molecule has 0 fully saturated rings. The van der Waals surface area contributed by atoms with Crippen molar-refractivity contribution in [3.8, 4) is 10.6 Å². The molecule has 0 saturated heterocycles. The standard InChI is InChI=1S/C24H22N4O2S/c1-17(29)26-20-11-9-18(10-12-20)14-25-24(30)21-16-28(15-19-6-3-2-4-7-19)27-23(21)22-8-5-13-31-22/h2-13,16H,14-15H2,1H3,(H,25,30)(H,26,29). The number of benzene rings is 2. The summed E-state index contributed by atoms with van der Waals surface area (Å²) in [5.74, 6) is -0.289. The number of hydrogen-bond acceptors (Lipinski definition) is 4. The van der Waals surface area contributed by atoms with E-state index in [0.717, 1.165) is 21.7 Å². The molecule has 0 aliphatic heterocycles. The van der Waals surface area contributed by atoms with E-state index in [1.807, 2.05) is 76.8 Å². The minimum absolute atomic E-state index is 0.116. The van der Waals surface area contributed by atoms with Gasteiger partial charge in [-0.05, 0) is 34.7 Å². The van der Waals surface area contributed by atoms with Crippen LogP contribution in [0, 0.1) is 0 Å². The summed E-state index contributed by atoms with van der Waals surface area (Å²) in [5.41, 5.74) is 4.02. The van der Waals surface area contributed by atoms with Crippen LogP contribution in [-0.4, -0.2) is 21.6 Å². The molecule has 2 amide bonds. The van der Waals surface area contributed by atoms with Crippen molar-refractivity contribution in [2.24, 2.45) is 0 Å². The third kappa shape index (κ3) is 5.26. The molecule has 2 heterocycles. The molecule has 4 aromatic rings. The van der Waals surface area contributed by atoms with Gasteiger partial charge in [0.2, 0.25) is 5.91 Å². The smallest absolute Gasteiger partial charge is 0.255 e. The molecule has 31 heavy (non-hydrogen) atoms. The molecule has 6 nitrogen and oxygen atoms in total. The summed E-state index contributed by atoms with van der Waals surface area (Å²) < 4.78 is 1.81. The Morgan fingerprint density at radius 1 is 0.968 bits per heavy atom. The van der Waals surface area contributed by atoms with Gasteiger partial charge in [0.25, 0.3) is 5.91 Å². The van der Waals surface area contributed by atoms with Crippen molar-refractivity contribution in [3.63, 3.8) is 0 Å². The van der Waals surface area contributed by atoms with Crippen LogP contribution in [-0.2, 0) is 17.9 Å². The first-order valence-corrected chi connectivity index (χ1v) is 10.8. The lowest BCUT2D eigenvalue weighted by Gasteiger charge is -2.07. The normalized spacial score (nSPS) is 10.6. The van der Waals surface area contributed by atoms with E-state index in [9.17, 15) is 9.59 Å². The minimum atomic E-state index is -0.173. The molecular weight excluding hydrogens is 408 g/mol. The highest BCUT2D eigenvalue weighted by molar-refractivity contribution is 7.13. The van der Waals surface area contributed by atoms with Crippen LogP contribution >= 0.6 is 11.3 Å². The second-order valence-corrected chi connectivity index (χ2v) is 8.06. The molecule has 0 bridgehead atoms. The van der Waals surface area contributed by atoms with E-state index in [2.05, 4.69) is 15.7 Å². The zero-order valence-corrected chi connectivity index (χ0v) is 17.9. The van der Waals surface area contributed by atoms with Crippen molar-refractivity contribution in [1.29, 1.82) is 0 Å². The fourth-order valence-electron chi connectivity index (χ4n) is 3.22. The zero-order valence-electron chi connectivity index (χ0n) is 17.0. The number of nitrogens with one attached hydrogen (secondary N) is 2. The van der Waals surface area contributed by atoms with Crippen LogP contribution in [0.25, 0.3) is 10.6 Å². The summed E-state index contributed by atoms with van der Waals surface area (Å²) in [6, 6.07) is 21.4. The average molecular weight is 431 g/mol. The maximum absolute atomic E-state index is 13.0. The number of aromatic nitrogens is 2. The Bertz CT molecular complexity index is 1170. The fourth-order valence-corrected chi connectivity index (χ4v) is 3.94. The molecule has 0 spiro atoms. The molecule has 0 radical (unpaired) electrons. The second-order valence-electron chi connectivity index (χ2n) is 7.11. The second kappa shape index (κ2) is 9.40. The number of carbonyl (C=O) groups is 2. The first-order chi connectivity index (χ1) is 15.1. The molecule has 0 unspecified atom stereocenters. The van der Waals surface area contributed by atoms with E-state index >= 15 is 0 Å². The SMILES string of the molecule is CC(=O)Nc1ccc(CNC(=O)c2cn(Cc3ccccc3)nc2-c2cccs2)cc1. The molecule has 0 saturated carbocycles. The monoisotopic (exact) mass is 430 g/mol. The molecular formula is C24H22N4O2S. The first kappa shape index (κ1) is 20.6. The van der Waals surface area contributed by atoms with Gasteiger partial charge in [0, 0.05) is 25.4 Å². The highest BCUT2D eigenvalue weighted by Gasteiger charge is 2.18. The fraction of sp³-hybridized carbons (Fsp3) is 0.125. The predicted octanol–water partition coefficient (Wildman–Crippen LogP) is 4.55. The van der Waals surface area contributed by atoms with E-state index < -0.39 is 0 Å². The van der Waals surface area contributed by atoms with Gasteiger partial charge in [-0.1, -0.05) is 48.5 Å². The van der Waals surface area contributed by atoms with E-state index in [1.165, 1.54) is 6.92 Å². The number of carbonyl (C=O) groups excluding carboxylic acids is 2. The number of anilines is 1. The summed E-state index contributed by atoms with van der Waals surface area (Å²) >= 11 is 1.56. The van der Waals surface area contributed by atoms with Crippen LogP contribution in [0.5, 0.6) is 0 Å². The van der Waals surface area contributed by atoms with Gasteiger partial charge in [0.1, 0.15) is 5.69 Å². The van der Waals surface area contributed by atoms with Gasteiger partial charge in [0.05, 0.1) is 17.0 Å². The molecule has 4 rings (SSSR count). The Morgan fingerprint density at radius 3 is 2.42 bits per heavy atom. The van der Waals surface area contributed by atoms with Crippen LogP contribution in [0.2, 0.25) is 0 Å². The maximum Gasteiger partial charge on any atom is 0.255 e. The van der Waals surface area contributed by atoms with E-state index in [-0.39, 0.29) is 11.8 Å². The number of thiophene rings is 1. The molecule has 2 aromatic heterocycles. The van der Waals surface area contributed by atoms with Crippen molar-refractivity contribution in [1.82, 2.24) is 15.1 Å². The molecule has 0 atom stereocenters. The zero-order chi connectivity index (χ0) is 21.6. The largest absolute Gasteiger partial charge is 0.348 e. The van der Waals surface area contributed by atoms with Crippen LogP contribution in [0.4, 0.5) is 5.69 Å². The molecule has 7 heteroatoms. The third-order valence-corrected chi connectivity index (χ3v) is 5.55. The number of rotatable bonds is 7. The van der Waals surface area contributed by atoms with Gasteiger partial charge in [-0.15, -0.1) is 11.3 Å². The lowest BCUT2D eigenvalue weighted by atomic mass is 10.1. The van der Waals surface area contributed by atoms with Gasteiger partial charge in [0.15, 0.2) is 0 Å². The van der Waals surface area contributed by atoms with Gasteiger partial charge < -0.3 is 10.6 Å². The van der Waals surface area contributed by atoms with Gasteiger partial charge >= 0.3 is 0 Å². The van der Waals surface area contributed by atoms with Crippen LogP contribution < -0.4 is 10.6 Å². The Kier molecular flexibility index (Phi) is 6.24. The van der Waals surface area contributed by atoms with Gasteiger partial charge in [-0.3, -0.25) is 14.3 Å². The number of amides is 2. The Morgan fingerprint density at radius 2 is 1.74 bits per heavy atom. The lowest BCUT2D eigenvalue weighted by molar-refractivity contribution is -0.114. The van der Waals surface area contributed by atoms with E-state index in [4.69, 9.17) is 0 Å². The van der Waals surface area contributed by atoms with E-state index in [0.29, 0.717) is 24.3 Å². The molecule has 0 aliphatic carbocycles.